The van der Waals surface area contributed by atoms with E-state index in [1.807, 2.05) is 13.8 Å². The van der Waals surface area contributed by atoms with E-state index in [0.29, 0.717) is 30.2 Å². The number of nitrogens with two attached hydrogens (primary N) is 1. The SMILES string of the molecule is COc1cc(OC)cc(C(=O)NC(C(=O)NCCCCN)C(C)C)c1.Cl. The predicted molar refractivity (Wildman–Crippen MR) is 104 cm³/mol. The van der Waals surface area contributed by atoms with Gasteiger partial charge in [-0.15, -0.1) is 12.4 Å². The van der Waals surface area contributed by atoms with E-state index in [-0.39, 0.29) is 30.1 Å². The normalized spacial score (nSPS) is 11.3. The first kappa shape index (κ1) is 24.0. The summed E-state index contributed by atoms with van der Waals surface area (Å²) in [5.74, 6) is 0.419. The zero-order valence-electron chi connectivity index (χ0n) is 15.8. The summed E-state index contributed by atoms with van der Waals surface area (Å²) in [6, 6.07) is 4.27. The van der Waals surface area contributed by atoms with Crippen LogP contribution in [0, 0.1) is 5.92 Å². The van der Waals surface area contributed by atoms with E-state index in [2.05, 4.69) is 10.6 Å². The third kappa shape index (κ3) is 7.49. The molecule has 0 aliphatic rings. The second-order valence-electron chi connectivity index (χ2n) is 6.08. The Morgan fingerprint density at radius 3 is 2.12 bits per heavy atom. The van der Waals surface area contributed by atoms with Gasteiger partial charge in [0.25, 0.3) is 5.91 Å². The third-order valence-electron chi connectivity index (χ3n) is 3.78. The van der Waals surface area contributed by atoms with Crippen LogP contribution in [-0.4, -0.2) is 45.2 Å². The number of amides is 2. The fourth-order valence-electron chi connectivity index (χ4n) is 2.29. The van der Waals surface area contributed by atoms with E-state index in [1.165, 1.54) is 14.2 Å². The van der Waals surface area contributed by atoms with Crippen molar-refractivity contribution in [2.24, 2.45) is 11.7 Å². The molecule has 4 N–H and O–H groups in total. The lowest BCUT2D eigenvalue weighted by molar-refractivity contribution is -0.123. The number of ether oxygens (including phenoxy) is 2. The maximum atomic E-state index is 12.6. The van der Waals surface area contributed by atoms with Crippen LogP contribution in [0.3, 0.4) is 0 Å². The first-order chi connectivity index (χ1) is 11.9. The lowest BCUT2D eigenvalue weighted by Crippen LogP contribution is -2.49. The van der Waals surface area contributed by atoms with E-state index in [1.54, 1.807) is 18.2 Å². The van der Waals surface area contributed by atoms with Gasteiger partial charge in [0, 0.05) is 18.2 Å². The topological polar surface area (TPSA) is 103 Å². The minimum atomic E-state index is -0.623. The van der Waals surface area contributed by atoms with Gasteiger partial charge in [-0.2, -0.15) is 0 Å². The highest BCUT2D eigenvalue weighted by molar-refractivity contribution is 5.98. The van der Waals surface area contributed by atoms with Gasteiger partial charge in [-0.25, -0.2) is 0 Å². The Labute approximate surface area is 161 Å². The van der Waals surface area contributed by atoms with E-state index < -0.39 is 6.04 Å². The fourth-order valence-corrected chi connectivity index (χ4v) is 2.29. The smallest absolute Gasteiger partial charge is 0.252 e. The first-order valence-corrected chi connectivity index (χ1v) is 8.44. The molecule has 1 atom stereocenters. The Kier molecular flexibility index (Phi) is 11.4. The summed E-state index contributed by atoms with van der Waals surface area (Å²) in [5, 5.41) is 5.63. The number of benzene rings is 1. The van der Waals surface area contributed by atoms with Crippen molar-refractivity contribution in [3.8, 4) is 11.5 Å². The average molecular weight is 388 g/mol. The minimum absolute atomic E-state index is 0. The van der Waals surface area contributed by atoms with Crippen molar-refractivity contribution in [3.05, 3.63) is 23.8 Å². The maximum Gasteiger partial charge on any atom is 0.252 e. The molecule has 0 aliphatic heterocycles. The Bertz CT molecular complexity index is 559. The standard InChI is InChI=1S/C18H29N3O4.ClH/c1-12(2)16(18(23)20-8-6-5-7-19)21-17(22)13-9-14(24-3)11-15(10-13)25-4;/h9-12,16H,5-8,19H2,1-4H3,(H,20,23)(H,21,22);1H. The molecule has 0 aliphatic carbocycles. The molecule has 1 rings (SSSR count). The highest BCUT2D eigenvalue weighted by atomic mass is 35.5. The molecule has 0 saturated carbocycles. The predicted octanol–water partition coefficient (Wildman–Crippen LogP) is 1.74. The van der Waals surface area contributed by atoms with Crippen LogP contribution in [-0.2, 0) is 4.79 Å². The third-order valence-corrected chi connectivity index (χ3v) is 3.78. The van der Waals surface area contributed by atoms with Gasteiger partial charge in [-0.05, 0) is 37.4 Å². The molecule has 0 spiro atoms. The Morgan fingerprint density at radius 1 is 1.08 bits per heavy atom. The Morgan fingerprint density at radius 2 is 1.65 bits per heavy atom. The summed E-state index contributed by atoms with van der Waals surface area (Å²) < 4.78 is 10.3. The monoisotopic (exact) mass is 387 g/mol. The number of halogens is 1. The van der Waals surface area contributed by atoms with Crippen molar-refractivity contribution in [1.29, 1.82) is 0 Å². The number of nitrogens with one attached hydrogen (secondary N) is 2. The number of hydrogen-bond donors (Lipinski definition) is 3. The van der Waals surface area contributed by atoms with Crippen LogP contribution in [0.4, 0.5) is 0 Å². The Balaban J connectivity index is 0.00000625. The zero-order valence-corrected chi connectivity index (χ0v) is 16.7. The number of hydrogen-bond acceptors (Lipinski definition) is 5. The largest absolute Gasteiger partial charge is 0.497 e. The Hall–Kier alpha value is -1.99. The molecule has 0 bridgehead atoms. The van der Waals surface area contributed by atoms with Crippen molar-refractivity contribution < 1.29 is 19.1 Å². The van der Waals surface area contributed by atoms with Crippen molar-refractivity contribution in [2.75, 3.05) is 27.3 Å². The zero-order chi connectivity index (χ0) is 18.8. The number of methoxy groups -OCH3 is 2. The van der Waals surface area contributed by atoms with Crippen molar-refractivity contribution >= 4 is 24.2 Å². The van der Waals surface area contributed by atoms with Gasteiger partial charge in [-0.1, -0.05) is 13.8 Å². The van der Waals surface area contributed by atoms with Gasteiger partial charge in [0.15, 0.2) is 0 Å². The van der Waals surface area contributed by atoms with E-state index in [9.17, 15) is 9.59 Å². The molecular formula is C18H30ClN3O4. The van der Waals surface area contributed by atoms with Gasteiger partial charge in [0.1, 0.15) is 17.5 Å². The van der Waals surface area contributed by atoms with Gasteiger partial charge in [-0.3, -0.25) is 9.59 Å². The number of carbonyl (C=O) groups excluding carboxylic acids is 2. The van der Waals surface area contributed by atoms with Gasteiger partial charge < -0.3 is 25.8 Å². The summed E-state index contributed by atoms with van der Waals surface area (Å²) in [7, 11) is 3.03. The molecular weight excluding hydrogens is 358 g/mol. The molecule has 0 fully saturated rings. The summed E-state index contributed by atoms with van der Waals surface area (Å²) in [6.45, 7) is 4.91. The minimum Gasteiger partial charge on any atom is -0.497 e. The van der Waals surface area contributed by atoms with Crippen LogP contribution >= 0.6 is 12.4 Å². The number of carbonyl (C=O) groups is 2. The van der Waals surface area contributed by atoms with Crippen molar-refractivity contribution in [2.45, 2.75) is 32.7 Å². The summed E-state index contributed by atoms with van der Waals surface area (Å²) in [5.41, 5.74) is 5.81. The molecule has 0 heterocycles. The maximum absolute atomic E-state index is 12.6. The van der Waals surface area contributed by atoms with Crippen LogP contribution in [0.15, 0.2) is 18.2 Å². The molecule has 0 saturated heterocycles. The lowest BCUT2D eigenvalue weighted by atomic mass is 10.0. The first-order valence-electron chi connectivity index (χ1n) is 8.44. The van der Waals surface area contributed by atoms with E-state index >= 15 is 0 Å². The van der Waals surface area contributed by atoms with Crippen molar-refractivity contribution in [1.82, 2.24) is 10.6 Å². The van der Waals surface area contributed by atoms with Crippen LogP contribution in [0.2, 0.25) is 0 Å². The second kappa shape index (κ2) is 12.4. The molecule has 0 aromatic heterocycles. The second-order valence-corrected chi connectivity index (χ2v) is 6.08. The van der Waals surface area contributed by atoms with Crippen molar-refractivity contribution in [3.63, 3.8) is 0 Å². The highest BCUT2D eigenvalue weighted by Crippen LogP contribution is 2.22. The van der Waals surface area contributed by atoms with E-state index in [4.69, 9.17) is 15.2 Å². The molecule has 7 nitrogen and oxygen atoms in total. The van der Waals surface area contributed by atoms with Crippen LogP contribution in [0.1, 0.15) is 37.0 Å². The van der Waals surface area contributed by atoms with E-state index in [0.717, 1.165) is 12.8 Å². The highest BCUT2D eigenvalue weighted by Gasteiger charge is 2.24. The summed E-state index contributed by atoms with van der Waals surface area (Å²) in [6.07, 6.45) is 1.66. The van der Waals surface area contributed by atoms with Crippen LogP contribution in [0.5, 0.6) is 11.5 Å². The summed E-state index contributed by atoms with van der Waals surface area (Å²) >= 11 is 0. The van der Waals surface area contributed by atoms with Gasteiger partial charge in [0.2, 0.25) is 5.91 Å². The average Bonchev–Trinajstić information content (AvgIpc) is 2.61. The molecule has 26 heavy (non-hydrogen) atoms. The molecule has 2 amide bonds. The fraction of sp³-hybridized carbons (Fsp3) is 0.556. The van der Waals surface area contributed by atoms with Gasteiger partial charge >= 0.3 is 0 Å². The van der Waals surface area contributed by atoms with Crippen LogP contribution < -0.4 is 25.8 Å². The molecule has 8 heteroatoms. The quantitative estimate of drug-likeness (QED) is 0.530. The molecule has 0 radical (unpaired) electrons. The summed E-state index contributed by atoms with van der Waals surface area (Å²) in [4.78, 5) is 24.9. The molecule has 1 aromatic carbocycles. The molecule has 1 unspecified atom stereocenters. The number of rotatable bonds is 10. The van der Waals surface area contributed by atoms with Gasteiger partial charge in [0.05, 0.1) is 14.2 Å². The molecule has 1 aromatic rings. The number of unbranched alkanes of at least 4 members (excludes halogenated alkanes) is 1. The lowest BCUT2D eigenvalue weighted by Gasteiger charge is -2.22. The molecule has 148 valence electrons. The van der Waals surface area contributed by atoms with Crippen LogP contribution in [0.25, 0.3) is 0 Å².